The average Bonchev–Trinajstić information content (AvgIpc) is 2.97. The van der Waals surface area contributed by atoms with Crippen molar-refractivity contribution in [1.82, 2.24) is 19.4 Å². The number of fused-ring (bicyclic) bond motifs is 1. The second kappa shape index (κ2) is 12.9. The van der Waals surface area contributed by atoms with E-state index in [1.165, 1.54) is 11.8 Å². The predicted molar refractivity (Wildman–Crippen MR) is 164 cm³/mol. The lowest BCUT2D eigenvalue weighted by Gasteiger charge is -2.37. The van der Waals surface area contributed by atoms with Crippen LogP contribution in [-0.2, 0) is 4.79 Å². The minimum absolute atomic E-state index is 0.0921. The van der Waals surface area contributed by atoms with Crippen LogP contribution in [-0.4, -0.2) is 56.8 Å². The van der Waals surface area contributed by atoms with Crippen molar-refractivity contribution in [3.8, 4) is 5.69 Å². The van der Waals surface area contributed by atoms with E-state index in [0.29, 0.717) is 52.2 Å². The molecule has 5 rings (SSSR count). The van der Waals surface area contributed by atoms with Crippen molar-refractivity contribution < 1.29 is 4.79 Å². The van der Waals surface area contributed by atoms with Gasteiger partial charge >= 0.3 is 0 Å². The van der Waals surface area contributed by atoms with E-state index in [9.17, 15) is 9.59 Å². The summed E-state index contributed by atoms with van der Waals surface area (Å²) in [7, 11) is 0. The molecule has 0 spiro atoms. The van der Waals surface area contributed by atoms with E-state index >= 15 is 0 Å². The third-order valence-electron chi connectivity index (χ3n) is 7.15. The summed E-state index contributed by atoms with van der Waals surface area (Å²) >= 11 is 7.71. The molecule has 0 N–H and O–H groups in total. The van der Waals surface area contributed by atoms with Crippen molar-refractivity contribution in [2.75, 3.05) is 31.1 Å². The highest BCUT2D eigenvalue weighted by molar-refractivity contribution is 8.00. The van der Waals surface area contributed by atoms with Gasteiger partial charge in [0, 0.05) is 37.4 Å². The number of anilines is 1. The molecule has 0 bridgehead atoms. The molecule has 0 aliphatic carbocycles. The summed E-state index contributed by atoms with van der Waals surface area (Å²) in [5.41, 5.74) is 1.08. The number of carbonyl (C=O) groups excluding carboxylic acids is 1. The second-order valence-electron chi connectivity index (χ2n) is 10.5. The summed E-state index contributed by atoms with van der Waals surface area (Å²) < 4.78 is 1.60. The molecule has 7 nitrogen and oxygen atoms in total. The maximum atomic E-state index is 14.0. The van der Waals surface area contributed by atoms with E-state index in [1.54, 1.807) is 29.0 Å². The van der Waals surface area contributed by atoms with Crippen LogP contribution in [0, 0.1) is 5.92 Å². The van der Waals surface area contributed by atoms with Crippen molar-refractivity contribution in [2.24, 2.45) is 5.92 Å². The van der Waals surface area contributed by atoms with Crippen LogP contribution in [0.25, 0.3) is 16.6 Å². The van der Waals surface area contributed by atoms with Crippen molar-refractivity contribution >= 4 is 46.0 Å². The molecule has 2 aromatic heterocycles. The monoisotopic (exact) mass is 575 g/mol. The highest BCUT2D eigenvalue weighted by Gasteiger charge is 2.30. The summed E-state index contributed by atoms with van der Waals surface area (Å²) in [6, 6.07) is 20.4. The van der Waals surface area contributed by atoms with Gasteiger partial charge in [-0.05, 0) is 54.8 Å². The topological polar surface area (TPSA) is 71.3 Å². The number of piperazine rings is 1. The van der Waals surface area contributed by atoms with E-state index in [-0.39, 0.29) is 16.7 Å². The average molecular weight is 576 g/mol. The van der Waals surface area contributed by atoms with Crippen LogP contribution >= 0.6 is 23.4 Å². The highest BCUT2D eigenvalue weighted by atomic mass is 35.5. The number of halogens is 1. The van der Waals surface area contributed by atoms with Crippen LogP contribution in [0.4, 0.5) is 5.82 Å². The predicted octanol–water partition coefficient (Wildman–Crippen LogP) is 6.07. The van der Waals surface area contributed by atoms with Crippen molar-refractivity contribution in [1.29, 1.82) is 0 Å². The number of para-hydroxylation sites is 1. The number of aromatic nitrogens is 3. The van der Waals surface area contributed by atoms with Crippen LogP contribution in [0.3, 0.4) is 0 Å². The number of amides is 1. The fraction of sp³-hybridized carbons (Fsp3) is 0.355. The maximum Gasteiger partial charge on any atom is 0.266 e. The lowest BCUT2D eigenvalue weighted by atomic mass is 10.0. The van der Waals surface area contributed by atoms with Gasteiger partial charge in [0.15, 0.2) is 5.16 Å². The Morgan fingerprint density at radius 1 is 0.975 bits per heavy atom. The first kappa shape index (κ1) is 28.2. The summed E-state index contributed by atoms with van der Waals surface area (Å²) in [4.78, 5) is 41.3. The number of benzene rings is 2. The Morgan fingerprint density at radius 3 is 2.48 bits per heavy atom. The van der Waals surface area contributed by atoms with E-state index in [0.717, 1.165) is 31.7 Å². The molecule has 3 heterocycles. The lowest BCUT2D eigenvalue weighted by Crippen LogP contribution is -2.51. The summed E-state index contributed by atoms with van der Waals surface area (Å²) in [6.45, 7) is 7.11. The Bertz CT molecular complexity index is 1520. The Kier molecular flexibility index (Phi) is 9.07. The molecule has 2 aromatic carbocycles. The van der Waals surface area contributed by atoms with Crippen LogP contribution in [0.2, 0.25) is 5.02 Å². The van der Waals surface area contributed by atoms with Crippen molar-refractivity contribution in [3.05, 3.63) is 88.3 Å². The van der Waals surface area contributed by atoms with E-state index < -0.39 is 0 Å². The van der Waals surface area contributed by atoms with Gasteiger partial charge in [-0.1, -0.05) is 74.3 Å². The molecule has 1 unspecified atom stereocenters. The molecule has 1 aliphatic rings. The van der Waals surface area contributed by atoms with Gasteiger partial charge in [-0.15, -0.1) is 0 Å². The molecule has 208 valence electrons. The van der Waals surface area contributed by atoms with Gasteiger partial charge in [-0.2, -0.15) is 0 Å². The second-order valence-corrected chi connectivity index (χ2v) is 12.1. The Morgan fingerprint density at radius 2 is 1.75 bits per heavy atom. The first-order valence-electron chi connectivity index (χ1n) is 13.8. The number of nitrogens with zero attached hydrogens (tertiary/aromatic N) is 5. The number of hydrogen-bond acceptors (Lipinski definition) is 6. The highest BCUT2D eigenvalue weighted by Crippen LogP contribution is 2.31. The summed E-state index contributed by atoms with van der Waals surface area (Å²) in [5.74, 6) is 1.57. The van der Waals surface area contributed by atoms with E-state index in [4.69, 9.17) is 16.6 Å². The normalized spacial score (nSPS) is 14.6. The van der Waals surface area contributed by atoms with Gasteiger partial charge in [-0.25, -0.2) is 9.97 Å². The fourth-order valence-electron chi connectivity index (χ4n) is 5.01. The molecular weight excluding hydrogens is 542 g/mol. The minimum atomic E-state index is -0.362. The van der Waals surface area contributed by atoms with Gasteiger partial charge in [0.1, 0.15) is 5.82 Å². The van der Waals surface area contributed by atoms with Crippen LogP contribution in [0.5, 0.6) is 0 Å². The first-order valence-corrected chi connectivity index (χ1v) is 15.1. The molecule has 1 fully saturated rings. The Labute approximate surface area is 244 Å². The molecule has 1 atom stereocenters. The number of pyridine rings is 1. The van der Waals surface area contributed by atoms with Gasteiger partial charge in [-0.3, -0.25) is 14.2 Å². The molecule has 9 heteroatoms. The number of hydrogen-bond donors (Lipinski definition) is 0. The smallest absolute Gasteiger partial charge is 0.266 e. The third kappa shape index (κ3) is 6.50. The fourth-order valence-corrected chi connectivity index (χ4v) is 6.42. The summed E-state index contributed by atoms with van der Waals surface area (Å²) in [6.07, 6.45) is 4.46. The van der Waals surface area contributed by atoms with Crippen LogP contribution in [0.1, 0.15) is 33.1 Å². The molecule has 4 aromatic rings. The van der Waals surface area contributed by atoms with Crippen molar-refractivity contribution in [2.45, 2.75) is 43.5 Å². The lowest BCUT2D eigenvalue weighted by molar-refractivity contribution is -0.131. The molecule has 0 radical (unpaired) electrons. The largest absolute Gasteiger partial charge is 0.353 e. The number of rotatable bonds is 9. The molecule has 0 saturated carbocycles. The maximum absolute atomic E-state index is 14.0. The minimum Gasteiger partial charge on any atom is -0.353 e. The van der Waals surface area contributed by atoms with Crippen LogP contribution in [0.15, 0.2) is 82.9 Å². The number of thioether (sulfide) groups is 1. The Hall–Kier alpha value is -3.36. The van der Waals surface area contributed by atoms with E-state index in [2.05, 4.69) is 23.7 Å². The van der Waals surface area contributed by atoms with E-state index in [1.807, 2.05) is 53.4 Å². The van der Waals surface area contributed by atoms with Gasteiger partial charge in [0.2, 0.25) is 5.91 Å². The molecule has 1 aliphatic heterocycles. The molecule has 1 saturated heterocycles. The zero-order valence-corrected chi connectivity index (χ0v) is 24.4. The zero-order chi connectivity index (χ0) is 28.1. The standard InChI is InChI=1S/C31H34ClN5O2S/c1-22(2)9-7-14-27(30(39)36-19-17-35(18-20-36)28-15-5-6-16-33-28)40-31-34-26-13-4-3-12-25(26)29(38)37(31)24-11-8-10-23(32)21-24/h3-6,8,10-13,15-16,21-22,27H,7,9,14,17-20H2,1-2H3. The molecule has 1 amide bonds. The first-order chi connectivity index (χ1) is 19.4. The van der Waals surface area contributed by atoms with Crippen LogP contribution < -0.4 is 10.5 Å². The number of carbonyl (C=O) groups is 1. The quantitative estimate of drug-likeness (QED) is 0.178. The summed E-state index contributed by atoms with van der Waals surface area (Å²) in [5, 5.41) is 1.20. The SMILES string of the molecule is CC(C)CCCC(Sc1nc2ccccc2c(=O)n1-c1cccc(Cl)c1)C(=O)N1CCN(c2ccccn2)CC1. The third-order valence-corrected chi connectivity index (χ3v) is 8.59. The zero-order valence-electron chi connectivity index (χ0n) is 22.9. The Balaban J connectivity index is 1.45. The molecule has 40 heavy (non-hydrogen) atoms. The van der Waals surface area contributed by atoms with Crippen molar-refractivity contribution in [3.63, 3.8) is 0 Å². The van der Waals surface area contributed by atoms with Gasteiger partial charge < -0.3 is 9.80 Å². The molecular formula is C31H34ClN5O2S. The van der Waals surface area contributed by atoms with Gasteiger partial charge in [0.05, 0.1) is 21.8 Å². The van der Waals surface area contributed by atoms with Gasteiger partial charge in [0.25, 0.3) is 5.56 Å².